The normalized spacial score (nSPS) is 11.4. The van der Waals surface area contributed by atoms with Crippen molar-refractivity contribution in [1.82, 2.24) is 4.98 Å². The van der Waals surface area contributed by atoms with Crippen LogP contribution in [0.5, 0.6) is 0 Å². The molecule has 0 fully saturated rings. The lowest BCUT2D eigenvalue weighted by atomic mass is 10.2. The topological polar surface area (TPSA) is 34.1 Å². The molecule has 7 heteroatoms. The molecule has 0 radical (unpaired) electrons. The van der Waals surface area contributed by atoms with Gasteiger partial charge in [-0.2, -0.15) is 13.2 Å². The summed E-state index contributed by atoms with van der Waals surface area (Å²) in [5, 5.41) is 2.61. The van der Waals surface area contributed by atoms with Crippen molar-refractivity contribution >= 4 is 21.7 Å². The van der Waals surface area contributed by atoms with Gasteiger partial charge in [0.2, 0.25) is 0 Å². The largest absolute Gasteiger partial charge is 0.419 e. The smallest absolute Gasteiger partial charge is 0.375 e. The third-order valence-corrected chi connectivity index (χ3v) is 2.48. The minimum atomic E-state index is -4.45. The molecule has 1 rings (SSSR count). The third kappa shape index (κ3) is 5.61. The molecule has 19 heavy (non-hydrogen) atoms. The average Bonchev–Trinajstić information content (AvgIpc) is 2.28. The van der Waals surface area contributed by atoms with Crippen LogP contribution in [0.15, 0.2) is 28.9 Å². The van der Waals surface area contributed by atoms with Gasteiger partial charge in [0.25, 0.3) is 0 Å². The van der Waals surface area contributed by atoms with Crippen LogP contribution < -0.4 is 5.32 Å². The first-order chi connectivity index (χ1) is 8.80. The van der Waals surface area contributed by atoms with E-state index < -0.39 is 11.7 Å². The van der Waals surface area contributed by atoms with Crippen molar-refractivity contribution in [3.8, 4) is 0 Å². The summed E-state index contributed by atoms with van der Waals surface area (Å²) >= 11 is 2.97. The summed E-state index contributed by atoms with van der Waals surface area (Å²) in [5.41, 5.74) is 0.0551. The second-order valence-corrected chi connectivity index (χ2v) is 4.90. The molecule has 0 bridgehead atoms. The lowest BCUT2D eigenvalue weighted by Crippen LogP contribution is -2.16. The van der Waals surface area contributed by atoms with E-state index in [1.165, 1.54) is 6.20 Å². The Morgan fingerprint density at radius 1 is 1.53 bits per heavy atom. The number of hydrogen-bond donors (Lipinski definition) is 1. The highest BCUT2D eigenvalue weighted by Crippen LogP contribution is 2.35. The van der Waals surface area contributed by atoms with Gasteiger partial charge in [-0.05, 0) is 28.9 Å². The zero-order valence-corrected chi connectivity index (χ0v) is 11.9. The van der Waals surface area contributed by atoms with Gasteiger partial charge in [0.1, 0.15) is 5.82 Å². The first kappa shape index (κ1) is 16.0. The van der Waals surface area contributed by atoms with Crippen LogP contribution in [0.25, 0.3) is 0 Å². The molecule has 0 spiro atoms. The number of ether oxygens (including phenoxy) is 1. The van der Waals surface area contributed by atoms with Gasteiger partial charge in [-0.15, -0.1) is 0 Å². The van der Waals surface area contributed by atoms with Crippen molar-refractivity contribution < 1.29 is 17.9 Å². The van der Waals surface area contributed by atoms with Crippen molar-refractivity contribution in [3.05, 3.63) is 34.5 Å². The average molecular weight is 339 g/mol. The van der Waals surface area contributed by atoms with Crippen LogP contribution in [0.2, 0.25) is 0 Å². The Hall–Kier alpha value is -1.08. The maximum atomic E-state index is 12.8. The van der Waals surface area contributed by atoms with Gasteiger partial charge in [-0.1, -0.05) is 12.2 Å². The van der Waals surface area contributed by atoms with Crippen LogP contribution in [0.4, 0.5) is 19.0 Å². The van der Waals surface area contributed by atoms with Crippen LogP contribution in [-0.2, 0) is 10.9 Å². The molecule has 0 aliphatic carbocycles. The van der Waals surface area contributed by atoms with Crippen molar-refractivity contribution in [1.29, 1.82) is 0 Å². The van der Waals surface area contributed by atoms with E-state index in [0.29, 0.717) is 6.61 Å². The molecule has 0 amide bonds. The summed E-state index contributed by atoms with van der Waals surface area (Å²) in [6, 6.07) is 0.990. The lowest BCUT2D eigenvalue weighted by molar-refractivity contribution is -0.137. The number of alkyl halides is 3. The van der Waals surface area contributed by atoms with Gasteiger partial charge in [0.05, 0.1) is 18.8 Å². The quantitative estimate of drug-likeness (QED) is 0.631. The zero-order chi connectivity index (χ0) is 14.5. The number of nitrogens with zero attached hydrogens (tertiary/aromatic N) is 1. The molecule has 1 N–H and O–H groups in total. The zero-order valence-electron chi connectivity index (χ0n) is 10.4. The second-order valence-electron chi connectivity index (χ2n) is 3.98. The maximum absolute atomic E-state index is 12.8. The molecule has 0 saturated carbocycles. The van der Waals surface area contributed by atoms with Crippen LogP contribution >= 0.6 is 15.9 Å². The highest BCUT2D eigenvalue weighted by atomic mass is 79.9. The molecule has 1 aromatic rings. The number of aromatic nitrogens is 1. The number of hydrogen-bond acceptors (Lipinski definition) is 3. The molecular weight excluding hydrogens is 325 g/mol. The third-order valence-electron chi connectivity index (χ3n) is 2.05. The van der Waals surface area contributed by atoms with E-state index in [9.17, 15) is 13.2 Å². The SMILES string of the molecule is C=C(C)COCCNc1ncc(Br)cc1C(F)(F)F. The Balaban J connectivity index is 2.61. The number of rotatable bonds is 6. The van der Waals surface area contributed by atoms with E-state index in [2.05, 4.69) is 32.8 Å². The van der Waals surface area contributed by atoms with Crippen molar-refractivity contribution in [2.24, 2.45) is 0 Å². The molecule has 1 aromatic heterocycles. The van der Waals surface area contributed by atoms with Crippen LogP contribution in [0.3, 0.4) is 0 Å². The van der Waals surface area contributed by atoms with Gasteiger partial charge >= 0.3 is 6.18 Å². The monoisotopic (exact) mass is 338 g/mol. The van der Waals surface area contributed by atoms with Crippen molar-refractivity contribution in [2.45, 2.75) is 13.1 Å². The van der Waals surface area contributed by atoms with Crippen molar-refractivity contribution in [3.63, 3.8) is 0 Å². The summed E-state index contributed by atoms with van der Waals surface area (Å²) in [5.74, 6) is -0.199. The molecule has 3 nitrogen and oxygen atoms in total. The minimum absolute atomic E-state index is 0.199. The van der Waals surface area contributed by atoms with E-state index in [0.717, 1.165) is 11.6 Å². The van der Waals surface area contributed by atoms with Crippen LogP contribution in [0.1, 0.15) is 12.5 Å². The molecule has 0 unspecified atom stereocenters. The van der Waals surface area contributed by atoms with Crippen molar-refractivity contribution in [2.75, 3.05) is 25.1 Å². The molecule has 0 aliphatic heterocycles. The molecule has 0 saturated heterocycles. The Morgan fingerprint density at radius 3 is 2.79 bits per heavy atom. The van der Waals surface area contributed by atoms with Gasteiger partial charge < -0.3 is 10.1 Å². The summed E-state index contributed by atoms with van der Waals surface area (Å²) in [4.78, 5) is 3.73. The Bertz CT molecular complexity index is 449. The highest BCUT2D eigenvalue weighted by Gasteiger charge is 2.34. The molecule has 0 aliphatic rings. The van der Waals surface area contributed by atoms with Gasteiger partial charge in [0, 0.05) is 17.2 Å². The van der Waals surface area contributed by atoms with Gasteiger partial charge in [0.15, 0.2) is 0 Å². The fraction of sp³-hybridized carbons (Fsp3) is 0.417. The fourth-order valence-corrected chi connectivity index (χ4v) is 1.62. The predicted molar refractivity (Wildman–Crippen MR) is 71.1 cm³/mol. The van der Waals surface area contributed by atoms with E-state index in [1.54, 1.807) is 0 Å². The van der Waals surface area contributed by atoms with E-state index in [4.69, 9.17) is 4.74 Å². The summed E-state index contributed by atoms with van der Waals surface area (Å²) in [6.07, 6.45) is -3.13. The number of nitrogens with one attached hydrogen (secondary N) is 1. The Morgan fingerprint density at radius 2 is 2.21 bits per heavy atom. The van der Waals surface area contributed by atoms with E-state index in [-0.39, 0.29) is 23.4 Å². The minimum Gasteiger partial charge on any atom is -0.375 e. The summed E-state index contributed by atoms with van der Waals surface area (Å²) < 4.78 is 43.8. The molecule has 1 heterocycles. The van der Waals surface area contributed by atoms with Crippen LogP contribution in [0, 0.1) is 0 Å². The second kappa shape index (κ2) is 6.91. The standard InChI is InChI=1S/C12H14BrF3N2O/c1-8(2)7-19-4-3-17-11-10(12(14,15)16)5-9(13)6-18-11/h5-6H,1,3-4,7H2,2H3,(H,17,18). The van der Waals surface area contributed by atoms with E-state index in [1.807, 2.05) is 6.92 Å². The molecule has 106 valence electrons. The molecule has 0 aromatic carbocycles. The first-order valence-electron chi connectivity index (χ1n) is 5.49. The van der Waals surface area contributed by atoms with Gasteiger partial charge in [-0.25, -0.2) is 4.98 Å². The fourth-order valence-electron chi connectivity index (χ4n) is 1.28. The number of anilines is 1. The number of pyridine rings is 1. The first-order valence-corrected chi connectivity index (χ1v) is 6.28. The number of halogens is 4. The van der Waals surface area contributed by atoms with Crippen LogP contribution in [-0.4, -0.2) is 24.7 Å². The van der Waals surface area contributed by atoms with Gasteiger partial charge in [-0.3, -0.25) is 0 Å². The van der Waals surface area contributed by atoms with E-state index >= 15 is 0 Å². The highest BCUT2D eigenvalue weighted by molar-refractivity contribution is 9.10. The lowest BCUT2D eigenvalue weighted by Gasteiger charge is -2.13. The Labute approximate surface area is 118 Å². The maximum Gasteiger partial charge on any atom is 0.419 e. The molecular formula is C12H14BrF3N2O. The summed E-state index contributed by atoms with van der Waals surface area (Å²) in [7, 11) is 0. The predicted octanol–water partition coefficient (Wildman–Crippen LogP) is 3.87. The molecule has 0 atom stereocenters. The summed E-state index contributed by atoms with van der Waals surface area (Å²) in [6.45, 7) is 6.38. The Kier molecular flexibility index (Phi) is 5.81.